The second-order valence-corrected chi connectivity index (χ2v) is 7.93. The van der Waals surface area contributed by atoms with Crippen LogP contribution < -0.4 is 0 Å². The molecule has 1 aliphatic rings. The molecule has 1 aliphatic heterocycles. The van der Waals surface area contributed by atoms with Crippen LogP contribution in [0.25, 0.3) is 6.08 Å². The van der Waals surface area contributed by atoms with Crippen molar-refractivity contribution in [1.29, 1.82) is 0 Å². The van der Waals surface area contributed by atoms with E-state index >= 15 is 0 Å². The third-order valence-corrected chi connectivity index (χ3v) is 5.20. The smallest absolute Gasteiger partial charge is 0.334 e. The summed E-state index contributed by atoms with van der Waals surface area (Å²) in [5.41, 5.74) is 0.125. The molecule has 1 N–H and O–H groups in total. The fourth-order valence-electron chi connectivity index (χ4n) is 3.20. The lowest BCUT2D eigenvalue weighted by molar-refractivity contribution is -0.169. The second kappa shape index (κ2) is 10.0. The molecule has 5 nitrogen and oxygen atoms in total. The van der Waals surface area contributed by atoms with Gasteiger partial charge in [0.2, 0.25) is 0 Å². The lowest BCUT2D eigenvalue weighted by Gasteiger charge is -2.25. The first-order chi connectivity index (χ1) is 12.9. The van der Waals surface area contributed by atoms with Crippen LogP contribution in [0.2, 0.25) is 0 Å². The molecule has 1 heterocycles. The molecule has 6 heteroatoms. The van der Waals surface area contributed by atoms with E-state index in [1.807, 2.05) is 38.1 Å². The first-order valence-electron chi connectivity index (χ1n) is 9.40. The summed E-state index contributed by atoms with van der Waals surface area (Å²) in [6, 6.07) is 7.53. The highest BCUT2D eigenvalue weighted by Gasteiger charge is 2.44. The van der Waals surface area contributed by atoms with E-state index in [-0.39, 0.29) is 24.9 Å². The van der Waals surface area contributed by atoms with Crippen LogP contribution in [-0.4, -0.2) is 35.9 Å². The third-order valence-electron chi connectivity index (χ3n) is 4.67. The molecular formula is C21H27BrO5. The van der Waals surface area contributed by atoms with E-state index in [1.165, 1.54) is 0 Å². The van der Waals surface area contributed by atoms with Crippen molar-refractivity contribution in [2.24, 2.45) is 5.92 Å². The number of cyclic esters (lactones) is 1. The van der Waals surface area contributed by atoms with Crippen LogP contribution in [0.15, 0.2) is 34.3 Å². The zero-order chi connectivity index (χ0) is 19.9. The number of rotatable bonds is 9. The van der Waals surface area contributed by atoms with Crippen molar-refractivity contribution >= 4 is 33.9 Å². The lowest BCUT2D eigenvalue weighted by atomic mass is 9.97. The SMILES string of the molecule is CCCC(CCC)C(=O)OCC1(CO)C/C(=C/c2ccc(Br)cc2)C(=O)O1. The fraction of sp³-hybridized carbons (Fsp3) is 0.524. The van der Waals surface area contributed by atoms with Gasteiger partial charge in [-0.3, -0.25) is 4.79 Å². The molecule has 148 valence electrons. The van der Waals surface area contributed by atoms with Gasteiger partial charge < -0.3 is 14.6 Å². The molecule has 27 heavy (non-hydrogen) atoms. The van der Waals surface area contributed by atoms with Gasteiger partial charge in [0, 0.05) is 16.5 Å². The maximum absolute atomic E-state index is 12.4. The highest BCUT2D eigenvalue weighted by atomic mass is 79.9. The summed E-state index contributed by atoms with van der Waals surface area (Å²) in [7, 11) is 0. The van der Waals surface area contributed by atoms with Crippen LogP contribution in [0, 0.1) is 5.92 Å². The maximum Gasteiger partial charge on any atom is 0.334 e. The molecule has 0 radical (unpaired) electrons. The number of benzene rings is 1. The molecule has 0 spiro atoms. The van der Waals surface area contributed by atoms with E-state index in [0.717, 1.165) is 35.7 Å². The summed E-state index contributed by atoms with van der Waals surface area (Å²) in [6.07, 6.45) is 5.30. The lowest BCUT2D eigenvalue weighted by Crippen LogP contribution is -2.40. The molecule has 1 unspecified atom stereocenters. The molecule has 0 amide bonds. The molecule has 0 aliphatic carbocycles. The Bertz CT molecular complexity index is 676. The molecule has 0 bridgehead atoms. The second-order valence-electron chi connectivity index (χ2n) is 7.01. The molecule has 1 aromatic carbocycles. The van der Waals surface area contributed by atoms with E-state index in [0.29, 0.717) is 5.57 Å². The number of esters is 2. The summed E-state index contributed by atoms with van der Waals surface area (Å²) in [5.74, 6) is -0.916. The van der Waals surface area contributed by atoms with Crippen molar-refractivity contribution in [1.82, 2.24) is 0 Å². The van der Waals surface area contributed by atoms with Gasteiger partial charge in [0.05, 0.1) is 12.5 Å². The van der Waals surface area contributed by atoms with E-state index in [4.69, 9.17) is 9.47 Å². The summed E-state index contributed by atoms with van der Waals surface area (Å²) in [5, 5.41) is 9.81. The average Bonchev–Trinajstić information content (AvgIpc) is 2.97. The van der Waals surface area contributed by atoms with Gasteiger partial charge >= 0.3 is 11.9 Å². The Morgan fingerprint density at radius 2 is 1.93 bits per heavy atom. The molecule has 0 saturated carbocycles. The van der Waals surface area contributed by atoms with Crippen molar-refractivity contribution < 1.29 is 24.2 Å². The maximum atomic E-state index is 12.4. The summed E-state index contributed by atoms with van der Waals surface area (Å²) >= 11 is 3.37. The van der Waals surface area contributed by atoms with Crippen molar-refractivity contribution in [3.8, 4) is 0 Å². The zero-order valence-corrected chi connectivity index (χ0v) is 17.5. The summed E-state index contributed by atoms with van der Waals surface area (Å²) < 4.78 is 11.8. The number of ether oxygens (including phenoxy) is 2. The first-order valence-corrected chi connectivity index (χ1v) is 10.2. The Kier molecular flexibility index (Phi) is 8.05. The highest BCUT2D eigenvalue weighted by molar-refractivity contribution is 9.10. The van der Waals surface area contributed by atoms with Gasteiger partial charge in [0.1, 0.15) is 6.61 Å². The van der Waals surface area contributed by atoms with Crippen molar-refractivity contribution in [3.63, 3.8) is 0 Å². The van der Waals surface area contributed by atoms with Crippen LogP contribution in [0.3, 0.4) is 0 Å². The molecule has 1 fully saturated rings. The number of carbonyl (C=O) groups excluding carboxylic acids is 2. The van der Waals surface area contributed by atoms with Gasteiger partial charge in [-0.1, -0.05) is 54.8 Å². The van der Waals surface area contributed by atoms with Gasteiger partial charge in [0.15, 0.2) is 5.60 Å². The van der Waals surface area contributed by atoms with Crippen molar-refractivity contribution in [2.45, 2.75) is 51.6 Å². The number of aliphatic hydroxyl groups is 1. The Labute approximate surface area is 168 Å². The Hall–Kier alpha value is -1.66. The standard InChI is InChI=1S/C21H27BrO5/c1-3-5-16(6-4-2)19(24)26-14-21(13-23)12-17(20(25)27-21)11-15-7-9-18(22)10-8-15/h7-11,16,23H,3-6,12-14H2,1-2H3/b17-11-. The van der Waals surface area contributed by atoms with Crippen LogP contribution in [0.4, 0.5) is 0 Å². The average molecular weight is 439 g/mol. The van der Waals surface area contributed by atoms with Gasteiger partial charge in [0.25, 0.3) is 0 Å². The Morgan fingerprint density at radius 3 is 2.48 bits per heavy atom. The van der Waals surface area contributed by atoms with Gasteiger partial charge in [-0.15, -0.1) is 0 Å². The van der Waals surface area contributed by atoms with Crippen LogP contribution in [0.5, 0.6) is 0 Å². The minimum absolute atomic E-state index is 0.129. The topological polar surface area (TPSA) is 72.8 Å². The van der Waals surface area contributed by atoms with Crippen molar-refractivity contribution in [3.05, 3.63) is 39.9 Å². The van der Waals surface area contributed by atoms with Gasteiger partial charge in [-0.05, 0) is 36.6 Å². The minimum atomic E-state index is -1.20. The van der Waals surface area contributed by atoms with Gasteiger partial charge in [-0.2, -0.15) is 0 Å². The van der Waals surface area contributed by atoms with E-state index in [1.54, 1.807) is 6.08 Å². The molecule has 2 rings (SSSR count). The Morgan fingerprint density at radius 1 is 1.30 bits per heavy atom. The van der Waals surface area contributed by atoms with Crippen LogP contribution in [-0.2, 0) is 19.1 Å². The predicted octanol–water partition coefficient (Wildman–Crippen LogP) is 4.27. The number of halogens is 1. The fourth-order valence-corrected chi connectivity index (χ4v) is 3.46. The summed E-state index contributed by atoms with van der Waals surface area (Å²) in [6.45, 7) is 3.54. The monoisotopic (exact) mass is 438 g/mol. The van der Waals surface area contributed by atoms with Crippen LogP contribution in [0.1, 0.15) is 51.5 Å². The zero-order valence-electron chi connectivity index (χ0n) is 15.9. The molecule has 0 aromatic heterocycles. The highest BCUT2D eigenvalue weighted by Crippen LogP contribution is 2.33. The van der Waals surface area contributed by atoms with E-state index in [9.17, 15) is 14.7 Å². The van der Waals surface area contributed by atoms with Crippen LogP contribution >= 0.6 is 15.9 Å². The molecule has 1 aromatic rings. The normalized spacial score (nSPS) is 20.9. The number of hydrogen-bond acceptors (Lipinski definition) is 5. The quantitative estimate of drug-likeness (QED) is 0.460. The third kappa shape index (κ3) is 5.91. The van der Waals surface area contributed by atoms with E-state index in [2.05, 4.69) is 15.9 Å². The van der Waals surface area contributed by atoms with Gasteiger partial charge in [-0.25, -0.2) is 4.79 Å². The minimum Gasteiger partial charge on any atom is -0.461 e. The molecular weight excluding hydrogens is 412 g/mol. The van der Waals surface area contributed by atoms with E-state index < -0.39 is 18.2 Å². The number of aliphatic hydroxyl groups excluding tert-OH is 1. The largest absolute Gasteiger partial charge is 0.461 e. The predicted molar refractivity (Wildman–Crippen MR) is 107 cm³/mol. The number of carbonyl (C=O) groups is 2. The number of hydrogen-bond donors (Lipinski definition) is 1. The molecule has 1 saturated heterocycles. The van der Waals surface area contributed by atoms with Crippen molar-refractivity contribution in [2.75, 3.05) is 13.2 Å². The Balaban J connectivity index is 2.05. The molecule has 1 atom stereocenters. The summed E-state index contributed by atoms with van der Waals surface area (Å²) in [4.78, 5) is 24.6. The first kappa shape index (κ1) is 21.6.